The number of rotatable bonds is 4. The highest BCUT2D eigenvalue weighted by atomic mass is 16.5. The summed E-state index contributed by atoms with van der Waals surface area (Å²) in [5.41, 5.74) is 2.95. The molecule has 4 heterocycles. The Bertz CT molecular complexity index is 919. The smallest absolute Gasteiger partial charge is 0.258 e. The molecule has 3 aromatic rings. The molecule has 1 aliphatic carbocycles. The van der Waals surface area contributed by atoms with Gasteiger partial charge in [-0.25, -0.2) is 9.67 Å². The highest BCUT2D eigenvalue weighted by Gasteiger charge is 2.29. The van der Waals surface area contributed by atoms with Crippen molar-refractivity contribution in [1.82, 2.24) is 24.9 Å². The van der Waals surface area contributed by atoms with E-state index in [-0.39, 0.29) is 12.0 Å². The molecule has 0 bridgehead atoms. The Morgan fingerprint density at radius 3 is 2.76 bits per heavy atom. The molecule has 0 spiro atoms. The van der Waals surface area contributed by atoms with Crippen LogP contribution >= 0.6 is 0 Å². The zero-order valence-electron chi connectivity index (χ0n) is 14.5. The van der Waals surface area contributed by atoms with Crippen molar-refractivity contribution in [2.75, 3.05) is 13.2 Å². The number of nitrogens with zero attached hydrogens (tertiary/aromatic N) is 5. The average Bonchev–Trinajstić information content (AvgIpc) is 3.05. The van der Waals surface area contributed by atoms with Gasteiger partial charge >= 0.3 is 0 Å². The fraction of sp³-hybridized carbons (Fsp3) is 0.556. The third kappa shape index (κ3) is 2.54. The van der Waals surface area contributed by atoms with Crippen LogP contribution in [-0.4, -0.2) is 38.1 Å². The quantitative estimate of drug-likeness (QED) is 0.724. The molecule has 0 N–H and O–H groups in total. The zero-order chi connectivity index (χ0) is 17.0. The first-order chi connectivity index (χ1) is 12.2. The predicted octanol–water partition coefficient (Wildman–Crippen LogP) is 3.44. The third-order valence-electron chi connectivity index (χ3n) is 5.04. The van der Waals surface area contributed by atoms with E-state index in [0.717, 1.165) is 41.1 Å². The van der Waals surface area contributed by atoms with E-state index in [1.807, 2.05) is 10.9 Å². The molecule has 7 nitrogen and oxygen atoms in total. The molecule has 3 aromatic heterocycles. The summed E-state index contributed by atoms with van der Waals surface area (Å²) in [7, 11) is 0. The first-order valence-corrected chi connectivity index (χ1v) is 9.00. The molecule has 1 saturated heterocycles. The van der Waals surface area contributed by atoms with Crippen LogP contribution < -0.4 is 0 Å². The van der Waals surface area contributed by atoms with Crippen LogP contribution in [0, 0.1) is 0 Å². The molecule has 5 rings (SSSR count). The molecule has 0 aromatic carbocycles. The van der Waals surface area contributed by atoms with E-state index >= 15 is 0 Å². The predicted molar refractivity (Wildman–Crippen MR) is 91.4 cm³/mol. The summed E-state index contributed by atoms with van der Waals surface area (Å²) in [5, 5.41) is 9.70. The highest BCUT2D eigenvalue weighted by molar-refractivity contribution is 5.90. The summed E-state index contributed by atoms with van der Waals surface area (Å²) in [6.07, 6.45) is 5.20. The molecule has 2 fully saturated rings. The molecule has 25 heavy (non-hydrogen) atoms. The van der Waals surface area contributed by atoms with Crippen molar-refractivity contribution in [2.24, 2.45) is 0 Å². The van der Waals surface area contributed by atoms with Crippen molar-refractivity contribution < 1.29 is 9.26 Å². The second-order valence-corrected chi connectivity index (χ2v) is 7.31. The number of fused-ring (bicyclic) bond motifs is 1. The fourth-order valence-electron chi connectivity index (χ4n) is 3.43. The Balaban J connectivity index is 1.64. The molecular formula is C18H21N5O2. The number of hydrogen-bond acceptors (Lipinski definition) is 6. The second-order valence-electron chi connectivity index (χ2n) is 7.31. The highest BCUT2D eigenvalue weighted by Crippen LogP contribution is 2.42. The normalized spacial score (nSPS) is 20.8. The van der Waals surface area contributed by atoms with Crippen LogP contribution in [0.15, 0.2) is 16.8 Å². The van der Waals surface area contributed by atoms with Crippen molar-refractivity contribution in [2.45, 2.75) is 51.0 Å². The van der Waals surface area contributed by atoms with Gasteiger partial charge in [-0.1, -0.05) is 5.16 Å². The molecule has 0 radical (unpaired) electrons. The topological polar surface area (TPSA) is 78.9 Å². The average molecular weight is 339 g/mol. The molecule has 130 valence electrons. The van der Waals surface area contributed by atoms with Crippen LogP contribution in [0.25, 0.3) is 22.5 Å². The van der Waals surface area contributed by atoms with Gasteiger partial charge < -0.3 is 9.26 Å². The van der Waals surface area contributed by atoms with Crippen LogP contribution in [0.4, 0.5) is 0 Å². The second kappa shape index (κ2) is 5.62. The van der Waals surface area contributed by atoms with E-state index < -0.39 is 0 Å². The van der Waals surface area contributed by atoms with E-state index in [1.165, 1.54) is 12.8 Å². The van der Waals surface area contributed by atoms with E-state index in [1.54, 1.807) is 0 Å². The van der Waals surface area contributed by atoms with Crippen molar-refractivity contribution in [1.29, 1.82) is 0 Å². The van der Waals surface area contributed by atoms with Gasteiger partial charge in [-0.05, 0) is 39.2 Å². The maximum atomic E-state index is 5.61. The van der Waals surface area contributed by atoms with Gasteiger partial charge in [0.05, 0.1) is 23.8 Å². The third-order valence-corrected chi connectivity index (χ3v) is 5.04. The SMILES string of the molecule is CC(C)n1ncc2c(-c3nc(C4CCOC4)no3)cc(C3CC3)nc21. The molecule has 7 heteroatoms. The molecular weight excluding hydrogens is 318 g/mol. The molecule has 2 aliphatic rings. The number of aromatic nitrogens is 5. The van der Waals surface area contributed by atoms with Gasteiger partial charge in [0.2, 0.25) is 0 Å². The largest absolute Gasteiger partial charge is 0.381 e. The van der Waals surface area contributed by atoms with Gasteiger partial charge in [0, 0.05) is 30.2 Å². The Hall–Kier alpha value is -2.28. The minimum absolute atomic E-state index is 0.233. The van der Waals surface area contributed by atoms with Gasteiger partial charge in [0.15, 0.2) is 11.5 Å². The maximum absolute atomic E-state index is 5.61. The Kier molecular flexibility index (Phi) is 3.38. The van der Waals surface area contributed by atoms with E-state index in [4.69, 9.17) is 14.2 Å². The number of ether oxygens (including phenoxy) is 1. The summed E-state index contributed by atoms with van der Waals surface area (Å²) < 4.78 is 13.0. The minimum atomic E-state index is 0.233. The Labute approximate surface area is 145 Å². The van der Waals surface area contributed by atoms with Crippen LogP contribution in [0.3, 0.4) is 0 Å². The number of pyridine rings is 1. The van der Waals surface area contributed by atoms with Gasteiger partial charge in [-0.2, -0.15) is 10.1 Å². The van der Waals surface area contributed by atoms with Crippen LogP contribution in [0.5, 0.6) is 0 Å². The lowest BCUT2D eigenvalue weighted by Crippen LogP contribution is -2.04. The Morgan fingerprint density at radius 1 is 1.16 bits per heavy atom. The van der Waals surface area contributed by atoms with Crippen LogP contribution in [0.1, 0.15) is 62.5 Å². The van der Waals surface area contributed by atoms with Crippen molar-refractivity contribution >= 4 is 11.0 Å². The first kappa shape index (κ1) is 15.0. The number of hydrogen-bond donors (Lipinski definition) is 0. The summed E-state index contributed by atoms with van der Waals surface area (Å²) >= 11 is 0. The fourth-order valence-corrected chi connectivity index (χ4v) is 3.43. The lowest BCUT2D eigenvalue weighted by atomic mass is 10.1. The molecule has 1 aliphatic heterocycles. The minimum Gasteiger partial charge on any atom is -0.381 e. The monoisotopic (exact) mass is 339 g/mol. The van der Waals surface area contributed by atoms with Gasteiger partial charge in [0.1, 0.15) is 0 Å². The van der Waals surface area contributed by atoms with Crippen LogP contribution in [-0.2, 0) is 4.74 Å². The standard InChI is InChI=1S/C18H21N5O2/c1-10(2)23-17-14(8-19-23)13(7-15(20-17)11-3-4-11)18-21-16(22-25-18)12-5-6-24-9-12/h7-8,10-12H,3-6,9H2,1-2H3. The zero-order valence-corrected chi connectivity index (χ0v) is 14.5. The lowest BCUT2D eigenvalue weighted by molar-refractivity contribution is 0.192. The summed E-state index contributed by atoms with van der Waals surface area (Å²) in [6, 6.07) is 2.36. The molecule has 1 atom stereocenters. The van der Waals surface area contributed by atoms with E-state index in [2.05, 4.69) is 35.2 Å². The summed E-state index contributed by atoms with van der Waals surface area (Å²) in [4.78, 5) is 9.54. The van der Waals surface area contributed by atoms with Gasteiger partial charge in [-0.15, -0.1) is 0 Å². The summed E-state index contributed by atoms with van der Waals surface area (Å²) in [5.74, 6) is 2.07. The van der Waals surface area contributed by atoms with Crippen molar-refractivity contribution in [3.05, 3.63) is 23.8 Å². The Morgan fingerprint density at radius 2 is 2.04 bits per heavy atom. The van der Waals surface area contributed by atoms with Crippen molar-refractivity contribution in [3.8, 4) is 11.5 Å². The van der Waals surface area contributed by atoms with Gasteiger partial charge in [-0.3, -0.25) is 0 Å². The first-order valence-electron chi connectivity index (χ1n) is 9.00. The molecule has 1 saturated carbocycles. The van der Waals surface area contributed by atoms with E-state index in [0.29, 0.717) is 18.4 Å². The maximum Gasteiger partial charge on any atom is 0.258 e. The summed E-state index contributed by atoms with van der Waals surface area (Å²) in [6.45, 7) is 5.66. The van der Waals surface area contributed by atoms with Crippen molar-refractivity contribution in [3.63, 3.8) is 0 Å². The molecule has 0 amide bonds. The van der Waals surface area contributed by atoms with Gasteiger partial charge in [0.25, 0.3) is 5.89 Å². The lowest BCUT2D eigenvalue weighted by Gasteiger charge is -2.08. The molecule has 1 unspecified atom stereocenters. The van der Waals surface area contributed by atoms with E-state index in [9.17, 15) is 0 Å². The van der Waals surface area contributed by atoms with Crippen LogP contribution in [0.2, 0.25) is 0 Å².